The van der Waals surface area contributed by atoms with Gasteiger partial charge in [0.25, 0.3) is 0 Å². The number of rotatable bonds is 0. The molecule has 12 heavy (non-hydrogen) atoms. The average molecular weight is 266 g/mol. The molecular weight excluding hydrogens is 263 g/mol. The van der Waals surface area contributed by atoms with Gasteiger partial charge in [-0.15, -0.1) is 0 Å². The van der Waals surface area contributed by atoms with Crippen LogP contribution in [0.5, 0.6) is 0 Å². The summed E-state index contributed by atoms with van der Waals surface area (Å²) in [5.41, 5.74) is 0.841. The zero-order valence-electron chi connectivity index (χ0n) is 5.76. The van der Waals surface area contributed by atoms with Crippen LogP contribution in [0.1, 0.15) is 0 Å². The van der Waals surface area contributed by atoms with Gasteiger partial charge in [0.1, 0.15) is 0 Å². The molecule has 0 aliphatic rings. The second-order valence-electron chi connectivity index (χ2n) is 2.27. The third-order valence-electron chi connectivity index (χ3n) is 1.51. The largest absolute Gasteiger partial charge is 0.291 e. The molecule has 0 bridgehead atoms. The van der Waals surface area contributed by atoms with Crippen LogP contribution < -0.4 is 0 Å². The number of pyridine rings is 1. The molecule has 0 radical (unpaired) electrons. The van der Waals surface area contributed by atoms with Crippen LogP contribution in [-0.4, -0.2) is 9.38 Å². The molecule has 2 rings (SSSR count). The predicted octanol–water partition coefficient (Wildman–Crippen LogP) is 3.40. The summed E-state index contributed by atoms with van der Waals surface area (Å²) in [4.78, 5) is 4.02. The summed E-state index contributed by atoms with van der Waals surface area (Å²) in [5, 5.41) is 1.12. The van der Waals surface area contributed by atoms with Gasteiger partial charge < -0.3 is 0 Å². The molecule has 0 saturated heterocycles. The first kappa shape index (κ1) is 8.35. The van der Waals surface area contributed by atoms with Gasteiger partial charge in [-0.05, 0) is 28.1 Å². The zero-order valence-corrected chi connectivity index (χ0v) is 8.86. The van der Waals surface area contributed by atoms with E-state index in [1.54, 1.807) is 16.7 Å². The highest BCUT2D eigenvalue weighted by atomic mass is 79.9. The first-order valence-electron chi connectivity index (χ1n) is 3.17. The van der Waals surface area contributed by atoms with E-state index < -0.39 is 0 Å². The van der Waals surface area contributed by atoms with E-state index in [1.165, 1.54) is 0 Å². The molecule has 0 atom stereocenters. The van der Waals surface area contributed by atoms with Gasteiger partial charge in [0.05, 0.1) is 10.5 Å². The van der Waals surface area contributed by atoms with Crippen molar-refractivity contribution in [3.05, 3.63) is 33.2 Å². The predicted molar refractivity (Wildman–Crippen MR) is 52.9 cm³/mol. The monoisotopic (exact) mass is 264 g/mol. The summed E-state index contributed by atoms with van der Waals surface area (Å²) in [6, 6.07) is 3.60. The third-order valence-corrected chi connectivity index (χ3v) is 2.57. The van der Waals surface area contributed by atoms with Gasteiger partial charge in [-0.2, -0.15) is 0 Å². The van der Waals surface area contributed by atoms with Crippen molar-refractivity contribution < 1.29 is 0 Å². The molecule has 2 aromatic rings. The summed E-state index contributed by atoms with van der Waals surface area (Å²) < 4.78 is 2.44. The number of hydrogen-bond acceptors (Lipinski definition) is 1. The van der Waals surface area contributed by atoms with E-state index in [2.05, 4.69) is 20.9 Å². The molecule has 2 aromatic heterocycles. The van der Waals surface area contributed by atoms with Crippen LogP contribution >= 0.6 is 39.1 Å². The van der Waals surface area contributed by atoms with E-state index in [-0.39, 0.29) is 0 Å². The van der Waals surface area contributed by atoms with Crippen molar-refractivity contribution in [1.29, 1.82) is 0 Å². The maximum Gasteiger partial charge on any atom is 0.183 e. The highest BCUT2D eigenvalue weighted by Crippen LogP contribution is 2.23. The molecule has 0 aliphatic heterocycles. The van der Waals surface area contributed by atoms with E-state index in [1.807, 2.05) is 6.07 Å². The fraction of sp³-hybridized carbons (Fsp3) is 0. The molecule has 0 spiro atoms. The van der Waals surface area contributed by atoms with E-state index in [4.69, 9.17) is 23.2 Å². The molecule has 0 fully saturated rings. The minimum absolute atomic E-state index is 0.471. The molecule has 2 nitrogen and oxygen atoms in total. The van der Waals surface area contributed by atoms with Crippen LogP contribution in [0.3, 0.4) is 0 Å². The van der Waals surface area contributed by atoms with Crippen molar-refractivity contribution >= 4 is 44.6 Å². The van der Waals surface area contributed by atoms with Gasteiger partial charge in [0.15, 0.2) is 9.89 Å². The second kappa shape index (κ2) is 2.91. The SMILES string of the molecule is Clc1ccc2c(Cl)nc(Br)n2c1. The Bertz CT molecular complexity index is 438. The van der Waals surface area contributed by atoms with Crippen molar-refractivity contribution in [2.75, 3.05) is 0 Å². The smallest absolute Gasteiger partial charge is 0.183 e. The lowest BCUT2D eigenvalue weighted by Crippen LogP contribution is -1.82. The molecule has 0 N–H and O–H groups in total. The van der Waals surface area contributed by atoms with Gasteiger partial charge >= 0.3 is 0 Å². The normalized spacial score (nSPS) is 10.9. The minimum Gasteiger partial charge on any atom is -0.291 e. The Kier molecular flexibility index (Phi) is 2.02. The number of imidazole rings is 1. The summed E-state index contributed by atoms with van der Waals surface area (Å²) in [6.45, 7) is 0. The molecule has 0 unspecified atom stereocenters. The van der Waals surface area contributed by atoms with Crippen molar-refractivity contribution in [3.8, 4) is 0 Å². The van der Waals surface area contributed by atoms with Crippen LogP contribution in [0.4, 0.5) is 0 Å². The van der Waals surface area contributed by atoms with Crippen LogP contribution in [0, 0.1) is 0 Å². The zero-order chi connectivity index (χ0) is 8.72. The Morgan fingerprint density at radius 1 is 1.33 bits per heavy atom. The van der Waals surface area contributed by atoms with Gasteiger partial charge in [0, 0.05) is 6.20 Å². The van der Waals surface area contributed by atoms with Crippen molar-refractivity contribution in [2.45, 2.75) is 0 Å². The number of nitrogens with zero attached hydrogens (tertiary/aromatic N) is 2. The van der Waals surface area contributed by atoms with Gasteiger partial charge in [0.2, 0.25) is 0 Å². The molecule has 62 valence electrons. The quantitative estimate of drug-likeness (QED) is 0.714. The molecule has 2 heterocycles. The molecule has 0 aromatic carbocycles. The van der Waals surface area contributed by atoms with E-state index in [0.717, 1.165) is 5.52 Å². The summed E-state index contributed by atoms with van der Waals surface area (Å²) in [5.74, 6) is 0. The standard InChI is InChI=1S/C7H3BrCl2N2/c8-7-11-6(10)5-2-1-4(9)3-12(5)7/h1-3H. The molecular formula is C7H3BrCl2N2. The third kappa shape index (κ3) is 1.22. The lowest BCUT2D eigenvalue weighted by molar-refractivity contribution is 1.10. The minimum atomic E-state index is 0.471. The van der Waals surface area contributed by atoms with Crippen molar-refractivity contribution in [3.63, 3.8) is 0 Å². The summed E-state index contributed by atoms with van der Waals surface area (Å²) in [6.07, 6.45) is 1.75. The Labute approximate surface area is 87.2 Å². The van der Waals surface area contributed by atoms with Gasteiger partial charge in [-0.3, -0.25) is 4.40 Å². The highest BCUT2D eigenvalue weighted by Gasteiger charge is 2.05. The fourth-order valence-corrected chi connectivity index (χ4v) is 1.96. The van der Waals surface area contributed by atoms with Crippen LogP contribution in [0.2, 0.25) is 10.2 Å². The second-order valence-corrected chi connectivity index (χ2v) is 3.78. The van der Waals surface area contributed by atoms with Crippen LogP contribution in [0.25, 0.3) is 5.52 Å². The molecule has 0 saturated carbocycles. The van der Waals surface area contributed by atoms with E-state index >= 15 is 0 Å². The summed E-state index contributed by atoms with van der Waals surface area (Å²) in [7, 11) is 0. The van der Waals surface area contributed by atoms with Crippen LogP contribution in [0.15, 0.2) is 23.1 Å². The van der Waals surface area contributed by atoms with Crippen molar-refractivity contribution in [2.24, 2.45) is 0 Å². The molecule has 0 aliphatic carbocycles. The maximum atomic E-state index is 5.83. The first-order chi connectivity index (χ1) is 5.68. The average Bonchev–Trinajstić information content (AvgIpc) is 2.28. The van der Waals surface area contributed by atoms with E-state index in [0.29, 0.717) is 14.9 Å². The Hall–Kier alpha value is -0.250. The number of aromatic nitrogens is 2. The van der Waals surface area contributed by atoms with E-state index in [9.17, 15) is 0 Å². The Morgan fingerprint density at radius 3 is 2.83 bits per heavy atom. The highest BCUT2D eigenvalue weighted by molar-refractivity contribution is 9.10. The first-order valence-corrected chi connectivity index (χ1v) is 4.72. The number of halogens is 3. The molecule has 0 amide bonds. The Balaban J connectivity index is 2.90. The topological polar surface area (TPSA) is 17.3 Å². The maximum absolute atomic E-state index is 5.83. The van der Waals surface area contributed by atoms with Gasteiger partial charge in [-0.25, -0.2) is 4.98 Å². The molecule has 5 heteroatoms. The fourth-order valence-electron chi connectivity index (χ4n) is 0.988. The lowest BCUT2D eigenvalue weighted by Gasteiger charge is -1.94. The number of fused-ring (bicyclic) bond motifs is 1. The van der Waals surface area contributed by atoms with Crippen molar-refractivity contribution in [1.82, 2.24) is 9.38 Å². The lowest BCUT2D eigenvalue weighted by atomic mass is 10.4. The van der Waals surface area contributed by atoms with Crippen LogP contribution in [-0.2, 0) is 0 Å². The number of hydrogen-bond donors (Lipinski definition) is 0. The summed E-state index contributed by atoms with van der Waals surface area (Å²) >= 11 is 14.9. The Morgan fingerprint density at radius 2 is 2.08 bits per heavy atom. The van der Waals surface area contributed by atoms with Gasteiger partial charge in [-0.1, -0.05) is 23.2 Å².